The molecule has 1 fully saturated rings. The fourth-order valence-corrected chi connectivity index (χ4v) is 4.25. The maximum absolute atomic E-state index is 12.7. The molecule has 1 aliphatic heterocycles. The van der Waals surface area contributed by atoms with Gasteiger partial charge in [-0.3, -0.25) is 0 Å². The van der Waals surface area contributed by atoms with Gasteiger partial charge in [-0.1, -0.05) is 0 Å². The first-order chi connectivity index (χ1) is 10.5. The third-order valence-electron chi connectivity index (χ3n) is 4.06. The number of hydrogen-bond acceptors (Lipinski definition) is 5. The van der Waals surface area contributed by atoms with Crippen LogP contribution < -0.4 is 14.8 Å². The summed E-state index contributed by atoms with van der Waals surface area (Å²) in [5, 5.41) is 3.15. The highest BCUT2D eigenvalue weighted by Gasteiger charge is 2.29. The second-order valence-corrected chi connectivity index (χ2v) is 7.36. The van der Waals surface area contributed by atoms with E-state index in [1.165, 1.54) is 20.3 Å². The van der Waals surface area contributed by atoms with Crippen molar-refractivity contribution >= 4 is 22.4 Å². The van der Waals surface area contributed by atoms with E-state index in [1.807, 2.05) is 7.05 Å². The van der Waals surface area contributed by atoms with Crippen molar-refractivity contribution in [1.29, 1.82) is 0 Å². The molecule has 1 aromatic rings. The first-order valence-electron chi connectivity index (χ1n) is 7.39. The number of halogens is 1. The number of nitrogens with one attached hydrogen (secondary N) is 1. The number of piperidine rings is 1. The van der Waals surface area contributed by atoms with Crippen LogP contribution in [0.3, 0.4) is 0 Å². The number of methoxy groups -OCH3 is 2. The molecule has 8 heteroatoms. The Morgan fingerprint density at radius 1 is 1.17 bits per heavy atom. The Morgan fingerprint density at radius 3 is 2.30 bits per heavy atom. The van der Waals surface area contributed by atoms with Crippen LogP contribution in [0.5, 0.6) is 11.5 Å². The standard InChI is InChI=1S/C15H24N2O4S.ClH/c1-16-11-12-6-8-17(9-7-12)22(18,19)13-4-5-14(20-2)15(10-13)21-3;/h4-5,10,12,16H,6-9,11H2,1-3H3;1H. The molecule has 1 aliphatic rings. The van der Waals surface area contributed by atoms with Crippen molar-refractivity contribution in [3.63, 3.8) is 0 Å². The minimum atomic E-state index is -3.48. The summed E-state index contributed by atoms with van der Waals surface area (Å²) in [5.74, 6) is 1.49. The van der Waals surface area contributed by atoms with E-state index in [-0.39, 0.29) is 17.3 Å². The van der Waals surface area contributed by atoms with Crippen molar-refractivity contribution in [2.45, 2.75) is 17.7 Å². The number of benzene rings is 1. The Kier molecular flexibility index (Phi) is 7.60. The van der Waals surface area contributed by atoms with E-state index in [0.717, 1.165) is 19.4 Å². The lowest BCUT2D eigenvalue weighted by atomic mass is 9.98. The van der Waals surface area contributed by atoms with Crippen LogP contribution in [0.15, 0.2) is 23.1 Å². The smallest absolute Gasteiger partial charge is 0.243 e. The van der Waals surface area contributed by atoms with Gasteiger partial charge in [0.05, 0.1) is 19.1 Å². The van der Waals surface area contributed by atoms with Crippen molar-refractivity contribution in [2.75, 3.05) is 40.9 Å². The van der Waals surface area contributed by atoms with E-state index in [2.05, 4.69) is 5.32 Å². The van der Waals surface area contributed by atoms with Crippen molar-refractivity contribution in [2.24, 2.45) is 5.92 Å². The van der Waals surface area contributed by atoms with Crippen LogP contribution in [0, 0.1) is 5.92 Å². The Labute approximate surface area is 144 Å². The lowest BCUT2D eigenvalue weighted by Gasteiger charge is -2.31. The molecule has 0 radical (unpaired) electrons. The zero-order valence-corrected chi connectivity index (χ0v) is 15.4. The summed E-state index contributed by atoms with van der Waals surface area (Å²) in [6.45, 7) is 2.05. The molecule has 0 bridgehead atoms. The Morgan fingerprint density at radius 2 is 1.78 bits per heavy atom. The minimum absolute atomic E-state index is 0. The summed E-state index contributed by atoms with van der Waals surface area (Å²) in [5.41, 5.74) is 0. The van der Waals surface area contributed by atoms with Gasteiger partial charge in [-0.25, -0.2) is 8.42 Å². The summed E-state index contributed by atoms with van der Waals surface area (Å²) in [6.07, 6.45) is 1.76. The van der Waals surface area contributed by atoms with Crippen molar-refractivity contribution in [1.82, 2.24) is 9.62 Å². The van der Waals surface area contributed by atoms with Gasteiger partial charge in [0, 0.05) is 19.2 Å². The highest BCUT2D eigenvalue weighted by atomic mass is 35.5. The molecule has 0 saturated carbocycles. The predicted octanol–water partition coefficient (Wildman–Crippen LogP) is 1.75. The zero-order valence-electron chi connectivity index (χ0n) is 13.7. The van der Waals surface area contributed by atoms with Gasteiger partial charge >= 0.3 is 0 Å². The van der Waals surface area contributed by atoms with Gasteiger partial charge in [0.25, 0.3) is 0 Å². The third-order valence-corrected chi connectivity index (χ3v) is 5.95. The third kappa shape index (κ3) is 4.50. The summed E-state index contributed by atoms with van der Waals surface area (Å²) in [6, 6.07) is 4.71. The topological polar surface area (TPSA) is 67.9 Å². The van der Waals surface area contributed by atoms with E-state index in [0.29, 0.717) is 30.5 Å². The zero-order chi connectivity index (χ0) is 16.2. The summed E-state index contributed by atoms with van der Waals surface area (Å²) >= 11 is 0. The summed E-state index contributed by atoms with van der Waals surface area (Å²) < 4.78 is 37.4. The van der Waals surface area contributed by atoms with Gasteiger partial charge in [-0.05, 0) is 44.5 Å². The lowest BCUT2D eigenvalue weighted by molar-refractivity contribution is 0.270. The second kappa shape index (κ2) is 8.73. The molecule has 132 valence electrons. The molecule has 1 saturated heterocycles. The lowest BCUT2D eigenvalue weighted by Crippen LogP contribution is -2.40. The molecule has 0 atom stereocenters. The Balaban J connectivity index is 0.00000264. The van der Waals surface area contributed by atoms with Crippen LogP contribution in [0.2, 0.25) is 0 Å². The Bertz CT molecular complexity index is 601. The van der Waals surface area contributed by atoms with Gasteiger partial charge in [-0.15, -0.1) is 12.4 Å². The van der Waals surface area contributed by atoms with E-state index in [4.69, 9.17) is 9.47 Å². The van der Waals surface area contributed by atoms with Gasteiger partial charge in [0.15, 0.2) is 11.5 Å². The van der Waals surface area contributed by atoms with Crippen molar-refractivity contribution in [3.8, 4) is 11.5 Å². The van der Waals surface area contributed by atoms with Gasteiger partial charge < -0.3 is 14.8 Å². The van der Waals surface area contributed by atoms with E-state index < -0.39 is 10.0 Å². The van der Waals surface area contributed by atoms with E-state index >= 15 is 0 Å². The molecule has 6 nitrogen and oxygen atoms in total. The average Bonchev–Trinajstić information content (AvgIpc) is 2.55. The highest BCUT2D eigenvalue weighted by molar-refractivity contribution is 7.89. The highest BCUT2D eigenvalue weighted by Crippen LogP contribution is 2.31. The molecular weight excluding hydrogens is 340 g/mol. The van der Waals surface area contributed by atoms with Crippen molar-refractivity contribution < 1.29 is 17.9 Å². The molecule has 1 aromatic carbocycles. The molecule has 0 unspecified atom stereocenters. The number of nitrogens with zero attached hydrogens (tertiary/aromatic N) is 1. The number of hydrogen-bond donors (Lipinski definition) is 1. The van der Waals surface area contributed by atoms with Crippen LogP contribution in [-0.4, -0.2) is 53.6 Å². The predicted molar refractivity (Wildman–Crippen MR) is 92.2 cm³/mol. The molecular formula is C15H25ClN2O4S. The molecule has 0 aromatic heterocycles. The molecule has 0 spiro atoms. The number of ether oxygens (including phenoxy) is 2. The minimum Gasteiger partial charge on any atom is -0.493 e. The van der Waals surface area contributed by atoms with Crippen LogP contribution in [0.4, 0.5) is 0 Å². The van der Waals surface area contributed by atoms with Crippen LogP contribution in [-0.2, 0) is 10.0 Å². The molecule has 23 heavy (non-hydrogen) atoms. The largest absolute Gasteiger partial charge is 0.493 e. The normalized spacial score (nSPS) is 16.7. The summed E-state index contributed by atoms with van der Waals surface area (Å²) in [4.78, 5) is 0.247. The maximum Gasteiger partial charge on any atom is 0.243 e. The number of rotatable bonds is 6. The molecule has 0 amide bonds. The fraction of sp³-hybridized carbons (Fsp3) is 0.600. The first kappa shape index (κ1) is 20.0. The maximum atomic E-state index is 12.7. The quantitative estimate of drug-likeness (QED) is 0.832. The van der Waals surface area contributed by atoms with E-state index in [9.17, 15) is 8.42 Å². The summed E-state index contributed by atoms with van der Waals surface area (Å²) in [7, 11) is 1.47. The van der Waals surface area contributed by atoms with Crippen LogP contribution >= 0.6 is 12.4 Å². The molecule has 2 rings (SSSR count). The van der Waals surface area contributed by atoms with Crippen LogP contribution in [0.1, 0.15) is 12.8 Å². The second-order valence-electron chi connectivity index (χ2n) is 5.42. The molecule has 0 aliphatic carbocycles. The van der Waals surface area contributed by atoms with Crippen molar-refractivity contribution in [3.05, 3.63) is 18.2 Å². The Hall–Kier alpha value is -1.02. The van der Waals surface area contributed by atoms with Gasteiger partial charge in [0.1, 0.15) is 0 Å². The van der Waals surface area contributed by atoms with Gasteiger partial charge in [0.2, 0.25) is 10.0 Å². The number of sulfonamides is 1. The fourth-order valence-electron chi connectivity index (χ4n) is 2.77. The molecule has 1 N–H and O–H groups in total. The van der Waals surface area contributed by atoms with Crippen LogP contribution in [0.25, 0.3) is 0 Å². The monoisotopic (exact) mass is 364 g/mol. The van der Waals surface area contributed by atoms with E-state index in [1.54, 1.807) is 16.4 Å². The van der Waals surface area contributed by atoms with Gasteiger partial charge in [-0.2, -0.15) is 4.31 Å². The SMILES string of the molecule is CNCC1CCN(S(=O)(=O)c2ccc(OC)c(OC)c2)CC1.Cl. The average molecular weight is 365 g/mol. The molecule has 1 heterocycles. The first-order valence-corrected chi connectivity index (χ1v) is 8.83.